The number of hydrogen-bond acceptors (Lipinski definition) is 3. The van der Waals surface area contributed by atoms with E-state index >= 15 is 0 Å². The highest BCUT2D eigenvalue weighted by molar-refractivity contribution is 5.97. The maximum atomic E-state index is 12.2. The molecule has 0 radical (unpaired) electrons. The van der Waals surface area contributed by atoms with Crippen LogP contribution in [0, 0.1) is 0 Å². The number of rotatable bonds is 6. The maximum absolute atomic E-state index is 12.2. The summed E-state index contributed by atoms with van der Waals surface area (Å²) in [6.07, 6.45) is 7.62. The topological polar surface area (TPSA) is 70.1 Å². The molecule has 0 aliphatic rings. The van der Waals surface area contributed by atoms with Gasteiger partial charge in [-0.1, -0.05) is 78.9 Å². The van der Waals surface area contributed by atoms with E-state index in [9.17, 15) is 4.79 Å². The number of allylic oxidation sites excluding steroid dienone is 3. The third kappa shape index (κ3) is 5.37. The van der Waals surface area contributed by atoms with Gasteiger partial charge in [-0.05, 0) is 24.6 Å². The van der Waals surface area contributed by atoms with E-state index in [0.29, 0.717) is 17.1 Å². The van der Waals surface area contributed by atoms with Crippen molar-refractivity contribution in [3.8, 4) is 11.3 Å². The fraction of sp³-hybridized carbons (Fsp3) is 0.0455. The number of benzene rings is 2. The van der Waals surface area contributed by atoms with Gasteiger partial charge in [0.25, 0.3) is 5.91 Å². The van der Waals surface area contributed by atoms with Crippen molar-refractivity contribution in [3.63, 3.8) is 0 Å². The predicted molar refractivity (Wildman–Crippen MR) is 109 cm³/mol. The first-order valence-electron chi connectivity index (χ1n) is 8.57. The Kier molecular flexibility index (Phi) is 6.09. The molecule has 134 valence electrons. The normalized spacial score (nSPS) is 12.0. The largest absolute Gasteiger partial charge is 0.289 e. The second kappa shape index (κ2) is 9.10. The minimum atomic E-state index is -0.336. The van der Waals surface area contributed by atoms with Crippen LogP contribution in [0.5, 0.6) is 0 Å². The highest BCUT2D eigenvalue weighted by atomic mass is 16.2. The first-order chi connectivity index (χ1) is 13.2. The number of nitrogens with zero attached hydrogens (tertiary/aromatic N) is 2. The molecule has 0 saturated carbocycles. The van der Waals surface area contributed by atoms with E-state index < -0.39 is 0 Å². The summed E-state index contributed by atoms with van der Waals surface area (Å²) in [6, 6.07) is 21.4. The summed E-state index contributed by atoms with van der Waals surface area (Å²) in [5.74, 6) is -0.336. The monoisotopic (exact) mass is 356 g/mol. The molecule has 3 aromatic rings. The van der Waals surface area contributed by atoms with Gasteiger partial charge in [0.15, 0.2) is 0 Å². The van der Waals surface area contributed by atoms with Gasteiger partial charge in [0.05, 0.1) is 11.4 Å². The quantitative estimate of drug-likeness (QED) is 0.389. The molecule has 5 nitrogen and oxygen atoms in total. The van der Waals surface area contributed by atoms with E-state index in [4.69, 9.17) is 0 Å². The number of H-pyrrole nitrogens is 1. The fourth-order valence-electron chi connectivity index (χ4n) is 2.36. The molecule has 0 unspecified atom stereocenters. The van der Waals surface area contributed by atoms with Crippen LogP contribution in [0.2, 0.25) is 0 Å². The first-order valence-corrected chi connectivity index (χ1v) is 8.57. The standard InChI is InChI=1S/C22H20N4O/c1-17(10-8-9-13-18-11-4-2-5-12-18)23-26-22(27)21-16-20(24-25-21)19-14-6-3-7-15-19/h2-16H,1H3,(H,24,25)(H,26,27)/b10-8+,13-9+,23-17-. The van der Waals surface area contributed by atoms with Crippen molar-refractivity contribution in [2.75, 3.05) is 0 Å². The van der Waals surface area contributed by atoms with Crippen LogP contribution in [0.15, 0.2) is 90.1 Å². The Morgan fingerprint density at radius 2 is 1.74 bits per heavy atom. The number of aromatic amines is 1. The highest BCUT2D eigenvalue weighted by Gasteiger charge is 2.10. The Bertz CT molecular complexity index is 970. The molecule has 0 aliphatic carbocycles. The van der Waals surface area contributed by atoms with Crippen LogP contribution in [0.1, 0.15) is 23.0 Å². The zero-order chi connectivity index (χ0) is 18.9. The summed E-state index contributed by atoms with van der Waals surface area (Å²) in [5, 5.41) is 11.0. The van der Waals surface area contributed by atoms with Crippen LogP contribution in [0.25, 0.3) is 17.3 Å². The first kappa shape index (κ1) is 18.1. The molecule has 1 amide bonds. The minimum Gasteiger partial charge on any atom is -0.272 e. The molecular weight excluding hydrogens is 336 g/mol. The number of hydrogen-bond donors (Lipinski definition) is 2. The smallest absolute Gasteiger partial charge is 0.272 e. The van der Waals surface area contributed by atoms with Gasteiger partial charge in [0.2, 0.25) is 0 Å². The van der Waals surface area contributed by atoms with Gasteiger partial charge in [0, 0.05) is 5.56 Å². The second-order valence-electron chi connectivity index (χ2n) is 5.86. The van der Waals surface area contributed by atoms with Crippen LogP contribution < -0.4 is 5.43 Å². The van der Waals surface area contributed by atoms with Crippen molar-refractivity contribution >= 4 is 17.7 Å². The van der Waals surface area contributed by atoms with Crippen molar-refractivity contribution in [1.82, 2.24) is 15.6 Å². The molecule has 1 heterocycles. The van der Waals surface area contributed by atoms with Crippen molar-refractivity contribution in [1.29, 1.82) is 0 Å². The lowest BCUT2D eigenvalue weighted by Crippen LogP contribution is -2.19. The summed E-state index contributed by atoms with van der Waals surface area (Å²) in [5.41, 5.74) is 6.35. The van der Waals surface area contributed by atoms with E-state index in [1.54, 1.807) is 6.07 Å². The second-order valence-corrected chi connectivity index (χ2v) is 5.86. The molecule has 0 saturated heterocycles. The fourth-order valence-corrected chi connectivity index (χ4v) is 2.36. The van der Waals surface area contributed by atoms with Crippen molar-refractivity contribution in [3.05, 3.63) is 96.2 Å². The molecule has 0 fully saturated rings. The molecule has 3 rings (SSSR count). The lowest BCUT2D eigenvalue weighted by Gasteiger charge is -1.97. The van der Waals surface area contributed by atoms with Crippen molar-refractivity contribution in [2.45, 2.75) is 6.92 Å². The van der Waals surface area contributed by atoms with Gasteiger partial charge < -0.3 is 0 Å². The van der Waals surface area contributed by atoms with Crippen LogP contribution in [0.3, 0.4) is 0 Å². The van der Waals surface area contributed by atoms with Gasteiger partial charge in [-0.15, -0.1) is 0 Å². The lowest BCUT2D eigenvalue weighted by molar-refractivity contribution is 0.0950. The van der Waals surface area contributed by atoms with Crippen LogP contribution in [-0.2, 0) is 0 Å². The summed E-state index contributed by atoms with van der Waals surface area (Å²) in [7, 11) is 0. The van der Waals surface area contributed by atoms with Gasteiger partial charge in [-0.25, -0.2) is 5.43 Å². The molecule has 2 N–H and O–H groups in total. The average Bonchev–Trinajstić information content (AvgIpc) is 3.21. The van der Waals surface area contributed by atoms with E-state index in [-0.39, 0.29) is 5.91 Å². The molecule has 0 atom stereocenters. The molecule has 0 bridgehead atoms. The highest BCUT2D eigenvalue weighted by Crippen LogP contribution is 2.16. The SMILES string of the molecule is CC(/C=C/C=C/c1ccccc1)=N/NC(=O)c1cc(-c2ccccc2)n[nH]1. The molecule has 5 heteroatoms. The molecule has 0 spiro atoms. The summed E-state index contributed by atoms with van der Waals surface area (Å²) in [4.78, 5) is 12.2. The van der Waals surface area contributed by atoms with E-state index in [0.717, 1.165) is 11.1 Å². The number of carbonyl (C=O) groups excluding carboxylic acids is 1. The van der Waals surface area contributed by atoms with E-state index in [1.165, 1.54) is 0 Å². The Labute approximate surface area is 158 Å². The van der Waals surface area contributed by atoms with Crippen LogP contribution in [-0.4, -0.2) is 21.8 Å². The Hall–Kier alpha value is -3.73. The molecule has 27 heavy (non-hydrogen) atoms. The number of hydrazone groups is 1. The van der Waals surface area contributed by atoms with Crippen LogP contribution in [0.4, 0.5) is 0 Å². The van der Waals surface area contributed by atoms with Gasteiger partial charge in [-0.2, -0.15) is 10.2 Å². The number of nitrogens with one attached hydrogen (secondary N) is 2. The summed E-state index contributed by atoms with van der Waals surface area (Å²) >= 11 is 0. The summed E-state index contributed by atoms with van der Waals surface area (Å²) in [6.45, 7) is 1.81. The third-order valence-corrected chi connectivity index (χ3v) is 3.76. The minimum absolute atomic E-state index is 0.336. The van der Waals surface area contributed by atoms with Crippen molar-refractivity contribution < 1.29 is 4.79 Å². The average molecular weight is 356 g/mol. The van der Waals surface area contributed by atoms with E-state index in [2.05, 4.69) is 20.7 Å². The summed E-state index contributed by atoms with van der Waals surface area (Å²) < 4.78 is 0. The lowest BCUT2D eigenvalue weighted by atomic mass is 10.1. The van der Waals surface area contributed by atoms with Gasteiger partial charge in [-0.3, -0.25) is 9.89 Å². The van der Waals surface area contributed by atoms with Gasteiger partial charge in [0.1, 0.15) is 5.69 Å². The zero-order valence-electron chi connectivity index (χ0n) is 15.0. The molecule has 1 aromatic heterocycles. The Morgan fingerprint density at radius 1 is 1.04 bits per heavy atom. The Morgan fingerprint density at radius 3 is 2.48 bits per heavy atom. The molecular formula is C22H20N4O. The predicted octanol–water partition coefficient (Wildman–Crippen LogP) is 4.45. The van der Waals surface area contributed by atoms with E-state index in [1.807, 2.05) is 91.9 Å². The maximum Gasteiger partial charge on any atom is 0.289 e. The Balaban J connectivity index is 1.55. The molecule has 0 aliphatic heterocycles. The zero-order valence-corrected chi connectivity index (χ0v) is 15.0. The molecule has 2 aromatic carbocycles. The van der Waals surface area contributed by atoms with Gasteiger partial charge >= 0.3 is 0 Å². The van der Waals surface area contributed by atoms with Crippen molar-refractivity contribution in [2.24, 2.45) is 5.10 Å². The van der Waals surface area contributed by atoms with Crippen LogP contribution >= 0.6 is 0 Å². The number of aromatic nitrogens is 2. The third-order valence-electron chi connectivity index (χ3n) is 3.76. The number of carbonyl (C=O) groups is 1. The number of amides is 1.